The summed E-state index contributed by atoms with van der Waals surface area (Å²) in [5.74, 6) is 0.172. The molecule has 1 amide bonds. The predicted molar refractivity (Wildman–Crippen MR) is 64.9 cm³/mol. The van der Waals surface area contributed by atoms with Crippen LogP contribution in [0.2, 0.25) is 0 Å². The Morgan fingerprint density at radius 2 is 2.35 bits per heavy atom. The molecule has 0 bridgehead atoms. The zero-order valence-corrected chi connectivity index (χ0v) is 9.90. The van der Waals surface area contributed by atoms with Crippen LogP contribution in [0.25, 0.3) is 0 Å². The number of nitrogens with one attached hydrogen (secondary N) is 1. The van der Waals surface area contributed by atoms with Gasteiger partial charge in [0.25, 0.3) is 11.5 Å². The molecule has 0 aliphatic carbocycles. The van der Waals surface area contributed by atoms with Gasteiger partial charge in [-0.1, -0.05) is 0 Å². The summed E-state index contributed by atoms with van der Waals surface area (Å²) in [6, 6.07) is 3.33. The van der Waals surface area contributed by atoms with Crippen LogP contribution < -0.4 is 11.3 Å². The molecule has 1 atom stereocenters. The van der Waals surface area contributed by atoms with E-state index >= 15 is 0 Å². The van der Waals surface area contributed by atoms with Gasteiger partial charge < -0.3 is 15.6 Å². The molecule has 2 heterocycles. The first-order chi connectivity index (χ1) is 8.11. The monoisotopic (exact) mass is 235 g/mol. The number of rotatable bonds is 2. The zero-order valence-electron chi connectivity index (χ0n) is 9.90. The number of aromatic nitrogens is 1. The lowest BCUT2D eigenvalue weighted by Gasteiger charge is -2.15. The largest absolute Gasteiger partial charge is 0.338 e. The normalized spacial score (nSPS) is 19.6. The summed E-state index contributed by atoms with van der Waals surface area (Å²) in [5, 5.41) is 0. The molecule has 3 N–H and O–H groups in total. The number of nitrogens with two attached hydrogens (primary N) is 1. The quantitative estimate of drug-likeness (QED) is 0.763. The smallest absolute Gasteiger partial charge is 0.260 e. The van der Waals surface area contributed by atoms with Gasteiger partial charge in [0.15, 0.2) is 0 Å². The maximum atomic E-state index is 12.1. The molecule has 2 rings (SSSR count). The number of aryl methyl sites for hydroxylation is 1. The van der Waals surface area contributed by atoms with Crippen LogP contribution in [-0.4, -0.2) is 35.4 Å². The van der Waals surface area contributed by atoms with Crippen molar-refractivity contribution in [1.29, 1.82) is 0 Å². The van der Waals surface area contributed by atoms with Crippen LogP contribution in [0.3, 0.4) is 0 Å². The topological polar surface area (TPSA) is 79.2 Å². The number of pyridine rings is 1. The van der Waals surface area contributed by atoms with Crippen molar-refractivity contribution in [3.05, 3.63) is 33.7 Å². The lowest BCUT2D eigenvalue weighted by molar-refractivity contribution is 0.0786. The molecular weight excluding hydrogens is 218 g/mol. The average Bonchev–Trinajstić information content (AvgIpc) is 2.76. The first-order valence-corrected chi connectivity index (χ1v) is 5.81. The van der Waals surface area contributed by atoms with Gasteiger partial charge in [0.2, 0.25) is 0 Å². The van der Waals surface area contributed by atoms with E-state index in [4.69, 9.17) is 5.73 Å². The number of carbonyl (C=O) groups excluding carboxylic acids is 1. The molecular formula is C12H17N3O2. The second-order valence-corrected chi connectivity index (χ2v) is 4.53. The highest BCUT2D eigenvalue weighted by Gasteiger charge is 2.27. The Bertz CT molecular complexity index is 481. The van der Waals surface area contributed by atoms with E-state index in [-0.39, 0.29) is 17.0 Å². The minimum Gasteiger partial charge on any atom is -0.338 e. The van der Waals surface area contributed by atoms with E-state index in [1.807, 2.05) is 0 Å². The van der Waals surface area contributed by atoms with Gasteiger partial charge in [-0.05, 0) is 37.9 Å². The van der Waals surface area contributed by atoms with E-state index in [9.17, 15) is 9.59 Å². The fourth-order valence-electron chi connectivity index (χ4n) is 2.12. The van der Waals surface area contributed by atoms with E-state index in [0.717, 1.165) is 12.1 Å². The zero-order chi connectivity index (χ0) is 12.4. The first kappa shape index (κ1) is 11.9. The Kier molecular flexibility index (Phi) is 3.28. The Labute approximate surface area is 99.6 Å². The third kappa shape index (κ3) is 2.39. The van der Waals surface area contributed by atoms with Gasteiger partial charge in [-0.15, -0.1) is 0 Å². The third-order valence-corrected chi connectivity index (χ3v) is 3.19. The van der Waals surface area contributed by atoms with Crippen molar-refractivity contribution in [2.45, 2.75) is 13.3 Å². The number of likely N-dealkylation sites (tertiary alicyclic amines) is 1. The van der Waals surface area contributed by atoms with Crippen LogP contribution in [0.1, 0.15) is 22.5 Å². The molecule has 1 aromatic heterocycles. The van der Waals surface area contributed by atoms with Crippen LogP contribution in [0.4, 0.5) is 0 Å². The second-order valence-electron chi connectivity index (χ2n) is 4.53. The molecule has 5 nitrogen and oxygen atoms in total. The summed E-state index contributed by atoms with van der Waals surface area (Å²) in [6.45, 7) is 3.72. The highest BCUT2D eigenvalue weighted by Crippen LogP contribution is 2.16. The highest BCUT2D eigenvalue weighted by atomic mass is 16.2. The Morgan fingerprint density at radius 1 is 1.59 bits per heavy atom. The van der Waals surface area contributed by atoms with Crippen LogP contribution in [0, 0.1) is 12.8 Å². The summed E-state index contributed by atoms with van der Waals surface area (Å²) < 4.78 is 0. The molecule has 0 radical (unpaired) electrons. The van der Waals surface area contributed by atoms with Gasteiger partial charge >= 0.3 is 0 Å². The van der Waals surface area contributed by atoms with E-state index in [1.54, 1.807) is 24.0 Å². The number of H-pyrrole nitrogens is 1. The van der Waals surface area contributed by atoms with Crippen molar-refractivity contribution in [3.63, 3.8) is 0 Å². The van der Waals surface area contributed by atoms with Crippen molar-refractivity contribution in [2.24, 2.45) is 11.7 Å². The second kappa shape index (κ2) is 4.71. The fraction of sp³-hybridized carbons (Fsp3) is 0.500. The molecule has 1 aliphatic heterocycles. The molecule has 1 aromatic rings. The van der Waals surface area contributed by atoms with Crippen molar-refractivity contribution in [1.82, 2.24) is 9.88 Å². The molecule has 17 heavy (non-hydrogen) atoms. The highest BCUT2D eigenvalue weighted by molar-refractivity contribution is 5.94. The van der Waals surface area contributed by atoms with Gasteiger partial charge in [-0.2, -0.15) is 0 Å². The minimum atomic E-state index is -0.314. The van der Waals surface area contributed by atoms with Crippen LogP contribution in [-0.2, 0) is 0 Å². The Hall–Kier alpha value is -1.62. The molecule has 0 aromatic carbocycles. The molecule has 1 fully saturated rings. The van der Waals surface area contributed by atoms with Gasteiger partial charge in [0.05, 0.1) is 0 Å². The third-order valence-electron chi connectivity index (χ3n) is 3.19. The standard InChI is InChI=1S/C12H17N3O2/c1-8-2-3-10(11(16)14-8)12(17)15-5-4-9(6-13)7-15/h2-3,9H,4-7,13H2,1H3,(H,14,16). The van der Waals surface area contributed by atoms with E-state index in [1.165, 1.54) is 0 Å². The predicted octanol–water partition coefficient (Wildman–Crippen LogP) is 0.104. The molecule has 1 saturated heterocycles. The number of hydrogen-bond acceptors (Lipinski definition) is 3. The number of amides is 1. The summed E-state index contributed by atoms with van der Waals surface area (Å²) >= 11 is 0. The Balaban J connectivity index is 2.18. The number of carbonyl (C=O) groups is 1. The van der Waals surface area contributed by atoms with Crippen LogP contribution in [0.15, 0.2) is 16.9 Å². The van der Waals surface area contributed by atoms with Gasteiger partial charge in [0.1, 0.15) is 5.56 Å². The summed E-state index contributed by atoms with van der Waals surface area (Å²) in [4.78, 5) is 28.1. The lowest BCUT2D eigenvalue weighted by atomic mass is 10.1. The van der Waals surface area contributed by atoms with Gasteiger partial charge in [-0.25, -0.2) is 0 Å². The van der Waals surface area contributed by atoms with Crippen LogP contribution >= 0.6 is 0 Å². The molecule has 1 aliphatic rings. The van der Waals surface area contributed by atoms with Gasteiger partial charge in [-0.3, -0.25) is 9.59 Å². The number of aromatic amines is 1. The van der Waals surface area contributed by atoms with E-state index < -0.39 is 0 Å². The minimum absolute atomic E-state index is 0.192. The van der Waals surface area contributed by atoms with Crippen molar-refractivity contribution in [3.8, 4) is 0 Å². The Morgan fingerprint density at radius 3 is 2.94 bits per heavy atom. The number of nitrogens with zero attached hydrogens (tertiary/aromatic N) is 1. The maximum absolute atomic E-state index is 12.1. The summed E-state index contributed by atoms with van der Waals surface area (Å²) in [7, 11) is 0. The number of hydrogen-bond donors (Lipinski definition) is 2. The average molecular weight is 235 g/mol. The molecule has 0 saturated carbocycles. The van der Waals surface area contributed by atoms with E-state index in [2.05, 4.69) is 4.98 Å². The molecule has 1 unspecified atom stereocenters. The molecule has 92 valence electrons. The molecule has 0 spiro atoms. The first-order valence-electron chi connectivity index (χ1n) is 5.81. The van der Waals surface area contributed by atoms with Crippen molar-refractivity contribution >= 4 is 5.91 Å². The van der Waals surface area contributed by atoms with Gasteiger partial charge in [0, 0.05) is 18.8 Å². The van der Waals surface area contributed by atoms with Crippen molar-refractivity contribution < 1.29 is 4.79 Å². The van der Waals surface area contributed by atoms with Crippen LogP contribution in [0.5, 0.6) is 0 Å². The lowest BCUT2D eigenvalue weighted by Crippen LogP contribution is -2.33. The maximum Gasteiger partial charge on any atom is 0.260 e. The fourth-order valence-corrected chi connectivity index (χ4v) is 2.12. The summed E-state index contributed by atoms with van der Waals surface area (Å²) in [6.07, 6.45) is 0.923. The van der Waals surface area contributed by atoms with Crippen molar-refractivity contribution in [2.75, 3.05) is 19.6 Å². The molecule has 5 heteroatoms. The van der Waals surface area contributed by atoms with E-state index in [0.29, 0.717) is 25.6 Å². The summed E-state index contributed by atoms with van der Waals surface area (Å²) in [5.41, 5.74) is 6.24. The SMILES string of the molecule is Cc1ccc(C(=O)N2CCC(CN)C2)c(=O)[nH]1.